The van der Waals surface area contributed by atoms with Crippen LogP contribution in [-0.2, 0) is 26.3 Å². The van der Waals surface area contributed by atoms with Gasteiger partial charge < -0.3 is 24.2 Å². The molecule has 1 N–H and O–H groups in total. The smallest absolute Gasteiger partial charge is 0.337 e. The fraction of sp³-hybridized carbons (Fsp3) is 0.462. The van der Waals surface area contributed by atoms with E-state index in [4.69, 9.17) is 14.2 Å². The number of carbonyl (C=O) groups is 2. The van der Waals surface area contributed by atoms with Crippen molar-refractivity contribution in [1.29, 1.82) is 0 Å². The SMILES string of the molecule is COCC(=O)Oc1cc(OC)ccc1CC1(O)C(=O)N(CCCC(C)C)c2ccc(C)cc21. The highest BCUT2D eigenvalue weighted by Gasteiger charge is 2.50. The second kappa shape index (κ2) is 10.4. The Hall–Kier alpha value is -2.90. The topological polar surface area (TPSA) is 85.3 Å². The Bertz CT molecular complexity index is 1020. The van der Waals surface area contributed by atoms with Crippen molar-refractivity contribution in [3.8, 4) is 11.5 Å². The molecule has 0 aliphatic carbocycles. The third-order valence-corrected chi connectivity index (χ3v) is 5.86. The first-order valence-corrected chi connectivity index (χ1v) is 11.2. The molecule has 0 spiro atoms. The van der Waals surface area contributed by atoms with Gasteiger partial charge in [0.1, 0.15) is 18.1 Å². The van der Waals surface area contributed by atoms with Crippen LogP contribution in [0.5, 0.6) is 11.5 Å². The van der Waals surface area contributed by atoms with Crippen LogP contribution in [-0.4, -0.2) is 44.4 Å². The first-order valence-electron chi connectivity index (χ1n) is 11.2. The number of nitrogens with zero attached hydrogens (tertiary/aromatic N) is 1. The highest BCUT2D eigenvalue weighted by atomic mass is 16.6. The highest BCUT2D eigenvalue weighted by Crippen LogP contribution is 2.44. The lowest BCUT2D eigenvalue weighted by molar-refractivity contribution is -0.138. The van der Waals surface area contributed by atoms with E-state index in [-0.39, 0.29) is 24.7 Å². The molecule has 0 fully saturated rings. The van der Waals surface area contributed by atoms with Crippen LogP contribution >= 0.6 is 0 Å². The quantitative estimate of drug-likeness (QED) is 0.434. The van der Waals surface area contributed by atoms with Gasteiger partial charge in [0.25, 0.3) is 5.91 Å². The molecule has 2 aromatic carbocycles. The van der Waals surface area contributed by atoms with Crippen molar-refractivity contribution < 1.29 is 28.9 Å². The standard InChI is InChI=1S/C26H33NO6/c1-17(2)7-6-12-27-22-11-8-18(3)13-21(22)26(30,25(27)29)15-19-9-10-20(32-5)14-23(19)33-24(28)16-31-4/h8-11,13-14,17,30H,6-7,12,15-16H2,1-5H3. The summed E-state index contributed by atoms with van der Waals surface area (Å²) in [5, 5.41) is 11.8. The van der Waals surface area contributed by atoms with Crippen molar-refractivity contribution in [3.05, 3.63) is 53.1 Å². The molecule has 0 aromatic heterocycles. The zero-order valence-corrected chi connectivity index (χ0v) is 20.0. The molecule has 0 radical (unpaired) electrons. The molecular weight excluding hydrogens is 422 g/mol. The summed E-state index contributed by atoms with van der Waals surface area (Å²) >= 11 is 0. The number of ether oxygens (including phenoxy) is 3. The third kappa shape index (κ3) is 5.37. The average Bonchev–Trinajstić information content (AvgIpc) is 2.96. The van der Waals surface area contributed by atoms with E-state index < -0.39 is 11.6 Å². The first kappa shape index (κ1) is 24.7. The van der Waals surface area contributed by atoms with Crippen LogP contribution in [0.25, 0.3) is 0 Å². The molecule has 1 heterocycles. The van der Waals surface area contributed by atoms with Crippen LogP contribution in [0.4, 0.5) is 5.69 Å². The number of fused-ring (bicyclic) bond motifs is 1. The lowest BCUT2D eigenvalue weighted by Gasteiger charge is -2.24. The molecule has 1 atom stereocenters. The van der Waals surface area contributed by atoms with Gasteiger partial charge in [-0.25, -0.2) is 4.79 Å². The zero-order valence-electron chi connectivity index (χ0n) is 20.0. The maximum absolute atomic E-state index is 13.6. The van der Waals surface area contributed by atoms with Gasteiger partial charge in [0, 0.05) is 31.7 Å². The van der Waals surface area contributed by atoms with E-state index in [0.29, 0.717) is 29.3 Å². The summed E-state index contributed by atoms with van der Waals surface area (Å²) in [5.74, 6) is 0.309. The second-order valence-corrected chi connectivity index (χ2v) is 8.93. The van der Waals surface area contributed by atoms with Gasteiger partial charge in [-0.15, -0.1) is 0 Å². The molecule has 33 heavy (non-hydrogen) atoms. The van der Waals surface area contributed by atoms with E-state index in [1.54, 1.807) is 23.1 Å². The first-order chi connectivity index (χ1) is 15.7. The van der Waals surface area contributed by atoms with Crippen LogP contribution in [0, 0.1) is 12.8 Å². The van der Waals surface area contributed by atoms with Gasteiger partial charge in [-0.3, -0.25) is 4.79 Å². The van der Waals surface area contributed by atoms with E-state index in [1.165, 1.54) is 14.2 Å². The number of esters is 1. The summed E-state index contributed by atoms with van der Waals surface area (Å²) < 4.78 is 15.6. The van der Waals surface area contributed by atoms with E-state index in [1.807, 2.05) is 25.1 Å². The fourth-order valence-corrected chi connectivity index (χ4v) is 4.16. The molecule has 1 amide bonds. The number of aliphatic hydroxyl groups is 1. The number of carbonyl (C=O) groups excluding carboxylic acids is 2. The van der Waals surface area contributed by atoms with Crippen molar-refractivity contribution in [2.24, 2.45) is 5.92 Å². The molecule has 7 heteroatoms. The van der Waals surface area contributed by atoms with Gasteiger partial charge >= 0.3 is 5.97 Å². The minimum atomic E-state index is -1.77. The number of aryl methyl sites for hydroxylation is 1. The largest absolute Gasteiger partial charge is 0.497 e. The normalized spacial score (nSPS) is 17.4. The van der Waals surface area contributed by atoms with E-state index >= 15 is 0 Å². The maximum Gasteiger partial charge on any atom is 0.337 e. The summed E-state index contributed by atoms with van der Waals surface area (Å²) in [5.41, 5.74) is 0.999. The monoisotopic (exact) mass is 455 g/mol. The van der Waals surface area contributed by atoms with Crippen LogP contribution in [0.2, 0.25) is 0 Å². The van der Waals surface area contributed by atoms with Crippen LogP contribution in [0.3, 0.4) is 0 Å². The lowest BCUT2D eigenvalue weighted by Crippen LogP contribution is -2.42. The molecule has 3 rings (SSSR count). The van der Waals surface area contributed by atoms with Gasteiger partial charge in [0.15, 0.2) is 5.60 Å². The summed E-state index contributed by atoms with van der Waals surface area (Å²) in [7, 11) is 2.92. The summed E-state index contributed by atoms with van der Waals surface area (Å²) in [6, 6.07) is 10.7. The Labute approximate surface area is 195 Å². The van der Waals surface area contributed by atoms with E-state index in [9.17, 15) is 14.7 Å². The van der Waals surface area contributed by atoms with Gasteiger partial charge in [-0.2, -0.15) is 0 Å². The van der Waals surface area contributed by atoms with Crippen LogP contribution < -0.4 is 14.4 Å². The molecule has 1 aliphatic heterocycles. The van der Waals surface area contributed by atoms with Crippen molar-refractivity contribution in [2.75, 3.05) is 32.3 Å². The van der Waals surface area contributed by atoms with Crippen molar-refractivity contribution in [3.63, 3.8) is 0 Å². The highest BCUT2D eigenvalue weighted by molar-refractivity contribution is 6.07. The van der Waals surface area contributed by atoms with Crippen molar-refractivity contribution in [1.82, 2.24) is 0 Å². The molecule has 2 aromatic rings. The summed E-state index contributed by atoms with van der Waals surface area (Å²) in [4.78, 5) is 27.3. The maximum atomic E-state index is 13.6. The predicted molar refractivity (Wildman–Crippen MR) is 126 cm³/mol. The van der Waals surface area contributed by atoms with Gasteiger partial charge in [-0.05, 0) is 43.4 Å². The Morgan fingerprint density at radius 3 is 2.58 bits per heavy atom. The van der Waals surface area contributed by atoms with Crippen molar-refractivity contribution >= 4 is 17.6 Å². The molecule has 0 bridgehead atoms. The Morgan fingerprint density at radius 2 is 1.91 bits per heavy atom. The molecular formula is C26H33NO6. The molecule has 0 saturated heterocycles. The van der Waals surface area contributed by atoms with E-state index in [0.717, 1.165) is 24.1 Å². The van der Waals surface area contributed by atoms with Gasteiger partial charge in [0.05, 0.1) is 12.8 Å². The molecule has 0 saturated carbocycles. The molecule has 7 nitrogen and oxygen atoms in total. The molecule has 178 valence electrons. The number of benzene rings is 2. The number of rotatable bonds is 10. The second-order valence-electron chi connectivity index (χ2n) is 8.93. The summed E-state index contributed by atoms with van der Waals surface area (Å²) in [6.45, 7) is 6.54. The van der Waals surface area contributed by atoms with Crippen LogP contribution in [0.15, 0.2) is 36.4 Å². The predicted octanol–water partition coefficient (Wildman–Crippen LogP) is 3.77. The Balaban J connectivity index is 1.98. The summed E-state index contributed by atoms with van der Waals surface area (Å²) in [6.07, 6.45) is 1.79. The lowest BCUT2D eigenvalue weighted by atomic mass is 9.87. The molecule has 1 aliphatic rings. The number of methoxy groups -OCH3 is 2. The minimum absolute atomic E-state index is 0.0391. The van der Waals surface area contributed by atoms with Gasteiger partial charge in [0.2, 0.25) is 0 Å². The van der Waals surface area contributed by atoms with Crippen molar-refractivity contribution in [2.45, 2.75) is 45.6 Å². The number of amides is 1. The number of anilines is 1. The number of hydrogen-bond acceptors (Lipinski definition) is 6. The molecule has 1 unspecified atom stereocenters. The fourth-order valence-electron chi connectivity index (χ4n) is 4.16. The Kier molecular flexibility index (Phi) is 7.76. The average molecular weight is 456 g/mol. The Morgan fingerprint density at radius 1 is 1.15 bits per heavy atom. The van der Waals surface area contributed by atoms with E-state index in [2.05, 4.69) is 13.8 Å². The van der Waals surface area contributed by atoms with Gasteiger partial charge in [-0.1, -0.05) is 37.6 Å². The minimum Gasteiger partial charge on any atom is -0.497 e. The number of hydrogen-bond donors (Lipinski definition) is 1. The third-order valence-electron chi connectivity index (χ3n) is 5.86. The van der Waals surface area contributed by atoms with Crippen LogP contribution in [0.1, 0.15) is 43.4 Å². The zero-order chi connectivity index (χ0) is 24.2.